The maximum atomic E-state index is 6.14. The molecule has 0 saturated heterocycles. The van der Waals surface area contributed by atoms with Crippen molar-refractivity contribution in [1.82, 2.24) is 5.32 Å². The minimum absolute atomic E-state index is 0.144. The maximum Gasteiger partial charge on any atom is 0.123 e. The molecule has 1 N–H and O–H groups in total. The quantitative estimate of drug-likeness (QED) is 0.880. The second-order valence-electron chi connectivity index (χ2n) is 4.85. The molecule has 0 spiro atoms. The smallest absolute Gasteiger partial charge is 0.123 e. The Kier molecular flexibility index (Phi) is 5.05. The van der Waals surface area contributed by atoms with Gasteiger partial charge in [0.25, 0.3) is 0 Å². The highest BCUT2D eigenvalue weighted by atomic mass is 35.5. The van der Waals surface area contributed by atoms with E-state index in [9.17, 15) is 0 Å². The van der Waals surface area contributed by atoms with Crippen LogP contribution in [0.2, 0.25) is 5.02 Å². The Labute approximate surface area is 125 Å². The molecule has 0 amide bonds. The van der Waals surface area contributed by atoms with E-state index in [0.717, 1.165) is 16.3 Å². The summed E-state index contributed by atoms with van der Waals surface area (Å²) in [6.45, 7) is 2.21. The van der Waals surface area contributed by atoms with Crippen LogP contribution in [-0.4, -0.2) is 14.2 Å². The lowest BCUT2D eigenvalue weighted by molar-refractivity contribution is 0.394. The van der Waals surface area contributed by atoms with E-state index in [4.69, 9.17) is 16.3 Å². The van der Waals surface area contributed by atoms with Crippen LogP contribution in [0.25, 0.3) is 0 Å². The van der Waals surface area contributed by atoms with Crippen LogP contribution in [0.4, 0.5) is 0 Å². The third-order valence-corrected chi connectivity index (χ3v) is 3.90. The standard InChI is InChI=1S/C17H20ClNO/c1-12(13-7-5-4-6-8-13)17(19-2)15-11-14(18)9-10-16(15)20-3/h4-12,17,19H,1-3H3. The minimum atomic E-state index is 0.144. The average Bonchev–Trinajstić information content (AvgIpc) is 2.49. The Morgan fingerprint density at radius 2 is 1.80 bits per heavy atom. The summed E-state index contributed by atoms with van der Waals surface area (Å²) in [6.07, 6.45) is 0. The number of benzene rings is 2. The zero-order chi connectivity index (χ0) is 14.5. The Balaban J connectivity index is 2.40. The van der Waals surface area contributed by atoms with Gasteiger partial charge in [-0.05, 0) is 30.8 Å². The molecule has 0 aliphatic carbocycles. The van der Waals surface area contributed by atoms with E-state index in [1.807, 2.05) is 31.3 Å². The monoisotopic (exact) mass is 289 g/mol. The molecule has 0 saturated carbocycles. The van der Waals surface area contributed by atoms with Gasteiger partial charge in [0.2, 0.25) is 0 Å². The second kappa shape index (κ2) is 6.78. The summed E-state index contributed by atoms with van der Waals surface area (Å²) in [7, 11) is 3.65. The fraction of sp³-hybridized carbons (Fsp3) is 0.294. The first-order valence-corrected chi connectivity index (χ1v) is 7.10. The first-order valence-electron chi connectivity index (χ1n) is 6.73. The van der Waals surface area contributed by atoms with Gasteiger partial charge in [0.15, 0.2) is 0 Å². The fourth-order valence-electron chi connectivity index (χ4n) is 2.57. The van der Waals surface area contributed by atoms with E-state index in [0.29, 0.717) is 5.92 Å². The summed E-state index contributed by atoms with van der Waals surface area (Å²) in [4.78, 5) is 0. The van der Waals surface area contributed by atoms with Crippen molar-refractivity contribution >= 4 is 11.6 Å². The molecule has 0 aliphatic rings. The number of hydrogen-bond donors (Lipinski definition) is 1. The number of nitrogens with one attached hydrogen (secondary N) is 1. The van der Waals surface area contributed by atoms with Gasteiger partial charge in [-0.25, -0.2) is 0 Å². The molecule has 20 heavy (non-hydrogen) atoms. The van der Waals surface area contributed by atoms with Gasteiger partial charge in [-0.1, -0.05) is 48.9 Å². The first kappa shape index (κ1) is 14.9. The number of hydrogen-bond acceptors (Lipinski definition) is 2. The zero-order valence-corrected chi connectivity index (χ0v) is 12.8. The van der Waals surface area contributed by atoms with Crippen LogP contribution in [0.15, 0.2) is 48.5 Å². The predicted octanol–water partition coefficient (Wildman–Crippen LogP) is 4.41. The molecule has 106 valence electrons. The van der Waals surface area contributed by atoms with Crippen molar-refractivity contribution in [1.29, 1.82) is 0 Å². The van der Waals surface area contributed by atoms with E-state index in [2.05, 4.69) is 36.5 Å². The third kappa shape index (κ3) is 3.14. The van der Waals surface area contributed by atoms with E-state index in [1.165, 1.54) is 5.56 Å². The van der Waals surface area contributed by atoms with Crippen molar-refractivity contribution in [2.24, 2.45) is 0 Å². The molecule has 0 radical (unpaired) electrons. The molecule has 0 fully saturated rings. The molecule has 0 aliphatic heterocycles. The number of halogens is 1. The zero-order valence-electron chi connectivity index (χ0n) is 12.1. The first-order chi connectivity index (χ1) is 9.67. The molecule has 0 aromatic heterocycles. The number of rotatable bonds is 5. The van der Waals surface area contributed by atoms with Gasteiger partial charge in [0.05, 0.1) is 7.11 Å². The summed E-state index contributed by atoms with van der Waals surface area (Å²) >= 11 is 6.14. The Hall–Kier alpha value is -1.51. The normalized spacial score (nSPS) is 13.8. The molecule has 2 atom stereocenters. The second-order valence-corrected chi connectivity index (χ2v) is 5.29. The van der Waals surface area contributed by atoms with Gasteiger partial charge in [-0.15, -0.1) is 0 Å². The largest absolute Gasteiger partial charge is 0.496 e. The van der Waals surface area contributed by atoms with Crippen molar-refractivity contribution < 1.29 is 4.74 Å². The van der Waals surface area contributed by atoms with Crippen LogP contribution in [0.3, 0.4) is 0 Å². The van der Waals surface area contributed by atoms with Crippen LogP contribution < -0.4 is 10.1 Å². The van der Waals surface area contributed by atoms with Gasteiger partial charge in [0.1, 0.15) is 5.75 Å². The lowest BCUT2D eigenvalue weighted by Crippen LogP contribution is -2.23. The van der Waals surface area contributed by atoms with E-state index in [-0.39, 0.29) is 6.04 Å². The SMILES string of the molecule is CNC(c1cc(Cl)ccc1OC)C(C)c1ccccc1. The average molecular weight is 290 g/mol. The van der Waals surface area contributed by atoms with E-state index < -0.39 is 0 Å². The summed E-state index contributed by atoms with van der Waals surface area (Å²) in [5.41, 5.74) is 2.37. The van der Waals surface area contributed by atoms with Crippen LogP contribution in [0.1, 0.15) is 30.0 Å². The van der Waals surface area contributed by atoms with Gasteiger partial charge in [0, 0.05) is 22.5 Å². The topological polar surface area (TPSA) is 21.3 Å². The van der Waals surface area contributed by atoms with Crippen molar-refractivity contribution in [3.8, 4) is 5.75 Å². The number of methoxy groups -OCH3 is 1. The summed E-state index contributed by atoms with van der Waals surface area (Å²) < 4.78 is 5.47. The van der Waals surface area contributed by atoms with Crippen LogP contribution in [0.5, 0.6) is 5.75 Å². The fourth-order valence-corrected chi connectivity index (χ4v) is 2.75. The summed E-state index contributed by atoms with van der Waals surface area (Å²) in [5, 5.41) is 4.10. The molecular weight excluding hydrogens is 270 g/mol. The highest BCUT2D eigenvalue weighted by Gasteiger charge is 2.22. The van der Waals surface area contributed by atoms with Crippen LogP contribution in [0, 0.1) is 0 Å². The highest BCUT2D eigenvalue weighted by molar-refractivity contribution is 6.30. The Morgan fingerprint density at radius 3 is 2.40 bits per heavy atom. The van der Waals surface area contributed by atoms with Gasteiger partial charge < -0.3 is 10.1 Å². The molecule has 2 rings (SSSR count). The van der Waals surface area contributed by atoms with E-state index >= 15 is 0 Å². The summed E-state index contributed by atoms with van der Waals surface area (Å²) in [5.74, 6) is 1.17. The Bertz CT molecular complexity index is 556. The molecule has 2 aromatic carbocycles. The maximum absolute atomic E-state index is 6.14. The van der Waals surface area contributed by atoms with Crippen LogP contribution in [-0.2, 0) is 0 Å². The lowest BCUT2D eigenvalue weighted by Gasteiger charge is -2.26. The third-order valence-electron chi connectivity index (χ3n) is 3.66. The molecule has 2 nitrogen and oxygen atoms in total. The number of likely N-dealkylation sites (N-methyl/N-ethyl adjacent to an activating group) is 1. The van der Waals surface area contributed by atoms with Gasteiger partial charge >= 0.3 is 0 Å². The van der Waals surface area contributed by atoms with Crippen molar-refractivity contribution in [2.45, 2.75) is 18.9 Å². The van der Waals surface area contributed by atoms with Crippen molar-refractivity contribution in [3.63, 3.8) is 0 Å². The van der Waals surface area contributed by atoms with Gasteiger partial charge in [-0.2, -0.15) is 0 Å². The van der Waals surface area contributed by atoms with Crippen LogP contribution >= 0.6 is 11.6 Å². The summed E-state index contributed by atoms with van der Waals surface area (Å²) in [6, 6.07) is 16.3. The lowest BCUT2D eigenvalue weighted by atomic mass is 9.88. The molecule has 2 unspecified atom stereocenters. The van der Waals surface area contributed by atoms with Crippen molar-refractivity contribution in [3.05, 3.63) is 64.7 Å². The molecule has 3 heteroatoms. The molecular formula is C17H20ClNO. The van der Waals surface area contributed by atoms with Gasteiger partial charge in [-0.3, -0.25) is 0 Å². The molecule has 2 aromatic rings. The van der Waals surface area contributed by atoms with E-state index in [1.54, 1.807) is 7.11 Å². The Morgan fingerprint density at radius 1 is 1.10 bits per heavy atom. The van der Waals surface area contributed by atoms with Crippen molar-refractivity contribution in [2.75, 3.05) is 14.2 Å². The molecule has 0 heterocycles. The minimum Gasteiger partial charge on any atom is -0.496 e. The highest BCUT2D eigenvalue weighted by Crippen LogP contribution is 2.36. The number of ether oxygens (including phenoxy) is 1. The molecule has 0 bridgehead atoms. The predicted molar refractivity (Wildman–Crippen MR) is 84.7 cm³/mol.